The molecule has 5 heteroatoms. The summed E-state index contributed by atoms with van der Waals surface area (Å²) in [6.07, 6.45) is 3.63. The van der Waals surface area contributed by atoms with Crippen LogP contribution in [-0.4, -0.2) is 35.7 Å². The smallest absolute Gasteiger partial charge is 0.256 e. The third kappa shape index (κ3) is 3.57. The van der Waals surface area contributed by atoms with E-state index in [1.165, 1.54) is 0 Å². The molecule has 1 amide bonds. The summed E-state index contributed by atoms with van der Waals surface area (Å²) < 4.78 is 0. The highest BCUT2D eigenvalue weighted by molar-refractivity contribution is 6.06. The standard InChI is InChI=1S/C19H23N3O2/c1-14-5-2-3-6-16(14)19(24)21-17-7-4-10-20-18(17)22-11-8-15(13-23)9-12-22/h2-7,10,15,23H,8-9,11-13H2,1H3,(H,21,24). The molecule has 2 heterocycles. The number of carbonyl (C=O) groups is 1. The van der Waals surface area contributed by atoms with Gasteiger partial charge in [0.1, 0.15) is 0 Å². The van der Waals surface area contributed by atoms with E-state index in [0.29, 0.717) is 11.5 Å². The lowest BCUT2D eigenvalue weighted by Crippen LogP contribution is -2.36. The van der Waals surface area contributed by atoms with Gasteiger partial charge in [0.2, 0.25) is 0 Å². The number of nitrogens with one attached hydrogen (secondary N) is 1. The molecule has 5 nitrogen and oxygen atoms in total. The second-order valence-corrected chi connectivity index (χ2v) is 6.26. The van der Waals surface area contributed by atoms with Crippen LogP contribution >= 0.6 is 0 Å². The molecule has 1 saturated heterocycles. The summed E-state index contributed by atoms with van der Waals surface area (Å²) in [6, 6.07) is 11.3. The van der Waals surface area contributed by atoms with Crippen molar-refractivity contribution < 1.29 is 9.90 Å². The molecule has 0 saturated carbocycles. The lowest BCUT2D eigenvalue weighted by atomic mass is 9.98. The highest BCUT2D eigenvalue weighted by atomic mass is 16.3. The zero-order chi connectivity index (χ0) is 16.9. The fourth-order valence-electron chi connectivity index (χ4n) is 3.09. The molecule has 2 N–H and O–H groups in total. The molecule has 126 valence electrons. The van der Waals surface area contributed by atoms with E-state index in [2.05, 4.69) is 15.2 Å². The van der Waals surface area contributed by atoms with Gasteiger partial charge in [-0.1, -0.05) is 18.2 Å². The Kier molecular flexibility index (Phi) is 5.11. The maximum Gasteiger partial charge on any atom is 0.256 e. The van der Waals surface area contributed by atoms with Gasteiger partial charge in [-0.25, -0.2) is 4.98 Å². The maximum atomic E-state index is 12.6. The third-order valence-corrected chi connectivity index (χ3v) is 4.60. The second kappa shape index (κ2) is 7.45. The van der Waals surface area contributed by atoms with Crippen LogP contribution in [0, 0.1) is 12.8 Å². The first-order valence-electron chi connectivity index (χ1n) is 8.37. The molecular weight excluding hydrogens is 302 g/mol. The Bertz CT molecular complexity index is 709. The van der Waals surface area contributed by atoms with Crippen molar-refractivity contribution in [2.24, 2.45) is 5.92 Å². The van der Waals surface area contributed by atoms with Crippen molar-refractivity contribution in [3.8, 4) is 0 Å². The largest absolute Gasteiger partial charge is 0.396 e. The van der Waals surface area contributed by atoms with Crippen LogP contribution in [0.25, 0.3) is 0 Å². The molecule has 1 aromatic carbocycles. The minimum Gasteiger partial charge on any atom is -0.396 e. The molecule has 1 fully saturated rings. The zero-order valence-electron chi connectivity index (χ0n) is 13.9. The number of amides is 1. The van der Waals surface area contributed by atoms with Gasteiger partial charge in [-0.3, -0.25) is 4.79 Å². The monoisotopic (exact) mass is 325 g/mol. The number of benzene rings is 1. The van der Waals surface area contributed by atoms with Crippen LogP contribution in [0.4, 0.5) is 11.5 Å². The number of piperidine rings is 1. The number of aromatic nitrogens is 1. The van der Waals surface area contributed by atoms with Crippen LogP contribution in [0.5, 0.6) is 0 Å². The van der Waals surface area contributed by atoms with Crippen LogP contribution in [0.1, 0.15) is 28.8 Å². The molecule has 0 spiro atoms. The second-order valence-electron chi connectivity index (χ2n) is 6.26. The summed E-state index contributed by atoms with van der Waals surface area (Å²) in [5.41, 5.74) is 2.35. The Morgan fingerprint density at radius 2 is 2.00 bits per heavy atom. The maximum absolute atomic E-state index is 12.6. The SMILES string of the molecule is Cc1ccccc1C(=O)Nc1cccnc1N1CCC(CO)CC1. The predicted molar refractivity (Wildman–Crippen MR) is 95.4 cm³/mol. The third-order valence-electron chi connectivity index (χ3n) is 4.60. The van der Waals surface area contributed by atoms with Crippen LogP contribution in [0.2, 0.25) is 0 Å². The molecule has 1 aliphatic rings. The highest BCUT2D eigenvalue weighted by Crippen LogP contribution is 2.28. The van der Waals surface area contributed by atoms with Gasteiger partial charge in [0.25, 0.3) is 5.91 Å². The zero-order valence-corrected chi connectivity index (χ0v) is 13.9. The van der Waals surface area contributed by atoms with Crippen LogP contribution in [-0.2, 0) is 0 Å². The minimum absolute atomic E-state index is 0.118. The van der Waals surface area contributed by atoms with E-state index in [1.807, 2.05) is 43.3 Å². The molecule has 0 unspecified atom stereocenters. The van der Waals surface area contributed by atoms with E-state index in [4.69, 9.17) is 0 Å². The Morgan fingerprint density at radius 3 is 2.71 bits per heavy atom. The minimum atomic E-state index is -0.118. The van der Waals surface area contributed by atoms with Gasteiger partial charge < -0.3 is 15.3 Å². The van der Waals surface area contributed by atoms with E-state index in [9.17, 15) is 9.90 Å². The number of anilines is 2. The van der Waals surface area contributed by atoms with E-state index in [-0.39, 0.29) is 12.5 Å². The molecule has 0 bridgehead atoms. The lowest BCUT2D eigenvalue weighted by Gasteiger charge is -2.33. The molecule has 2 aromatic rings. The van der Waals surface area contributed by atoms with Crippen LogP contribution in [0.3, 0.4) is 0 Å². The van der Waals surface area contributed by atoms with E-state index < -0.39 is 0 Å². The first kappa shape index (κ1) is 16.5. The number of aliphatic hydroxyl groups excluding tert-OH is 1. The van der Waals surface area contributed by atoms with Gasteiger partial charge >= 0.3 is 0 Å². The Hall–Kier alpha value is -2.40. The molecule has 1 aliphatic heterocycles. The Labute approximate surface area is 142 Å². The van der Waals surface area contributed by atoms with Gasteiger partial charge in [0.15, 0.2) is 5.82 Å². The first-order chi connectivity index (χ1) is 11.7. The van der Waals surface area contributed by atoms with Gasteiger partial charge in [-0.2, -0.15) is 0 Å². The van der Waals surface area contributed by atoms with Crippen molar-refractivity contribution >= 4 is 17.4 Å². The van der Waals surface area contributed by atoms with Crippen LogP contribution < -0.4 is 10.2 Å². The Balaban J connectivity index is 1.77. The molecule has 0 radical (unpaired) electrons. The van der Waals surface area contributed by atoms with Gasteiger partial charge in [-0.05, 0) is 49.4 Å². The number of rotatable bonds is 4. The summed E-state index contributed by atoms with van der Waals surface area (Å²) >= 11 is 0. The number of pyridine rings is 1. The van der Waals surface area contributed by atoms with Crippen molar-refractivity contribution in [2.75, 3.05) is 29.9 Å². The van der Waals surface area contributed by atoms with Gasteiger partial charge in [-0.15, -0.1) is 0 Å². The number of hydrogen-bond donors (Lipinski definition) is 2. The number of aryl methyl sites for hydroxylation is 1. The summed E-state index contributed by atoms with van der Waals surface area (Å²) in [4.78, 5) is 19.2. The molecule has 0 aliphatic carbocycles. The molecule has 3 rings (SSSR count). The average Bonchev–Trinajstić information content (AvgIpc) is 2.62. The number of carbonyl (C=O) groups excluding carboxylic acids is 1. The van der Waals surface area contributed by atoms with Crippen molar-refractivity contribution in [3.05, 3.63) is 53.7 Å². The van der Waals surface area contributed by atoms with Crippen LogP contribution in [0.15, 0.2) is 42.6 Å². The van der Waals surface area contributed by atoms with Gasteiger partial charge in [0, 0.05) is 31.5 Å². The summed E-state index contributed by atoms with van der Waals surface area (Å²) in [6.45, 7) is 3.86. The lowest BCUT2D eigenvalue weighted by molar-refractivity contribution is 0.102. The molecule has 24 heavy (non-hydrogen) atoms. The normalized spacial score (nSPS) is 15.3. The van der Waals surface area contributed by atoms with Crippen molar-refractivity contribution in [1.29, 1.82) is 0 Å². The van der Waals surface area contributed by atoms with E-state index >= 15 is 0 Å². The number of aliphatic hydroxyl groups is 1. The summed E-state index contributed by atoms with van der Waals surface area (Å²) in [5, 5.41) is 12.3. The van der Waals surface area contributed by atoms with E-state index in [1.54, 1.807) is 6.20 Å². The first-order valence-corrected chi connectivity index (χ1v) is 8.37. The fourth-order valence-corrected chi connectivity index (χ4v) is 3.09. The topological polar surface area (TPSA) is 65.5 Å². The molecule has 0 atom stereocenters. The van der Waals surface area contributed by atoms with Crippen molar-refractivity contribution in [1.82, 2.24) is 4.98 Å². The molecular formula is C19H23N3O2. The van der Waals surface area contributed by atoms with Gasteiger partial charge in [0.05, 0.1) is 5.69 Å². The number of hydrogen-bond acceptors (Lipinski definition) is 4. The van der Waals surface area contributed by atoms with Crippen molar-refractivity contribution in [3.63, 3.8) is 0 Å². The summed E-state index contributed by atoms with van der Waals surface area (Å²) in [5.74, 6) is 1.05. The average molecular weight is 325 g/mol. The quantitative estimate of drug-likeness (QED) is 0.907. The number of nitrogens with zero attached hydrogens (tertiary/aromatic N) is 2. The molecule has 1 aromatic heterocycles. The Morgan fingerprint density at radius 1 is 1.25 bits per heavy atom. The summed E-state index contributed by atoms with van der Waals surface area (Å²) in [7, 11) is 0. The highest BCUT2D eigenvalue weighted by Gasteiger charge is 2.22. The van der Waals surface area contributed by atoms with Crippen molar-refractivity contribution in [2.45, 2.75) is 19.8 Å². The predicted octanol–water partition coefficient (Wildman–Crippen LogP) is 2.85. The van der Waals surface area contributed by atoms with E-state index in [0.717, 1.165) is 43.0 Å². The fraction of sp³-hybridized carbons (Fsp3) is 0.368.